The molecule has 0 aliphatic heterocycles. The van der Waals surface area contributed by atoms with Crippen molar-refractivity contribution in [2.75, 3.05) is 19.3 Å². The highest BCUT2D eigenvalue weighted by Gasteiger charge is 2.35. The molecule has 1 rings (SSSR count). The zero-order valence-corrected chi connectivity index (χ0v) is 22.1. The lowest BCUT2D eigenvalue weighted by Crippen LogP contribution is -2.34. The lowest BCUT2D eigenvalue weighted by atomic mass is 10.2. The van der Waals surface area contributed by atoms with Gasteiger partial charge in [-0.05, 0) is 61.3 Å². The van der Waals surface area contributed by atoms with Crippen LogP contribution in [0.2, 0.25) is 0 Å². The van der Waals surface area contributed by atoms with Crippen molar-refractivity contribution in [2.45, 2.75) is 85.5 Å². The smallest absolute Gasteiger partial charge is 0.332 e. The Morgan fingerprint density at radius 2 is 1.68 bits per heavy atom. The van der Waals surface area contributed by atoms with E-state index >= 15 is 0 Å². The molecule has 0 spiro atoms. The van der Waals surface area contributed by atoms with Gasteiger partial charge in [-0.2, -0.15) is 0 Å². The zero-order chi connectivity index (χ0) is 26.2. The van der Waals surface area contributed by atoms with E-state index < -0.39 is 36.0 Å². The molecular formula is C22H38N3O8P. The molecule has 0 saturated heterocycles. The first kappa shape index (κ1) is 29.8. The summed E-state index contributed by atoms with van der Waals surface area (Å²) in [5.41, 5.74) is -2.34. The highest BCUT2D eigenvalue weighted by molar-refractivity contribution is 7.54. The van der Waals surface area contributed by atoms with Crippen molar-refractivity contribution in [3.05, 3.63) is 32.6 Å². The molecule has 0 saturated carbocycles. The van der Waals surface area contributed by atoms with Crippen LogP contribution in [0.15, 0.2) is 15.8 Å². The third kappa shape index (κ3) is 11.8. The van der Waals surface area contributed by atoms with Crippen LogP contribution in [-0.4, -0.2) is 51.9 Å². The molecular weight excluding hydrogens is 465 g/mol. The fourth-order valence-electron chi connectivity index (χ4n) is 2.97. The third-order valence-electron chi connectivity index (χ3n) is 4.07. The molecule has 1 aromatic heterocycles. The fraction of sp³-hybridized carbons (Fsp3) is 0.727. The Kier molecular flexibility index (Phi) is 10.9. The molecule has 0 aliphatic carbocycles. The van der Waals surface area contributed by atoms with Crippen molar-refractivity contribution in [1.82, 2.24) is 14.9 Å². The van der Waals surface area contributed by atoms with E-state index in [9.17, 15) is 23.7 Å². The van der Waals surface area contributed by atoms with Gasteiger partial charge in [0.15, 0.2) is 0 Å². The number of carbonyl (C=O) groups excluding carboxylic acids is 2. The van der Waals surface area contributed by atoms with Gasteiger partial charge in [0.05, 0.1) is 24.0 Å². The molecule has 0 fully saturated rings. The average molecular weight is 504 g/mol. The molecule has 0 aromatic carbocycles. The van der Waals surface area contributed by atoms with Crippen molar-refractivity contribution in [1.29, 1.82) is 0 Å². The van der Waals surface area contributed by atoms with Crippen LogP contribution in [0, 0.1) is 0 Å². The van der Waals surface area contributed by atoms with Gasteiger partial charge in [-0.1, -0.05) is 0 Å². The maximum Gasteiger partial charge on any atom is 0.332 e. The molecule has 0 unspecified atom stereocenters. The van der Waals surface area contributed by atoms with Crippen LogP contribution in [0.5, 0.6) is 0 Å². The summed E-state index contributed by atoms with van der Waals surface area (Å²) in [6, 6.07) is 0. The number of aryl methyl sites for hydroxylation is 1. The molecule has 1 heterocycles. The van der Waals surface area contributed by atoms with E-state index in [0.717, 1.165) is 4.57 Å². The SMILES string of the molecule is CCOC(=O)Cn1cc(CCCNC(=O)CCP(=O)(OC(C)(C)C)OC(C)(C)C)c(=O)[nH]c1=O. The van der Waals surface area contributed by atoms with Gasteiger partial charge in [0.2, 0.25) is 5.91 Å². The van der Waals surface area contributed by atoms with E-state index in [-0.39, 0.29) is 44.6 Å². The second kappa shape index (κ2) is 12.5. The van der Waals surface area contributed by atoms with Gasteiger partial charge in [0.1, 0.15) is 6.54 Å². The van der Waals surface area contributed by atoms with Crippen LogP contribution in [0.3, 0.4) is 0 Å². The molecule has 34 heavy (non-hydrogen) atoms. The van der Waals surface area contributed by atoms with E-state index in [1.165, 1.54) is 6.20 Å². The number of aromatic nitrogens is 2. The molecule has 12 heteroatoms. The second-order valence-corrected chi connectivity index (χ2v) is 11.8. The van der Waals surface area contributed by atoms with Crippen LogP contribution in [-0.2, 0) is 40.9 Å². The Morgan fingerprint density at radius 3 is 2.21 bits per heavy atom. The predicted octanol–water partition coefficient (Wildman–Crippen LogP) is 2.36. The highest BCUT2D eigenvalue weighted by Crippen LogP contribution is 2.54. The minimum absolute atomic E-state index is 0.0472. The van der Waals surface area contributed by atoms with Gasteiger partial charge in [0, 0.05) is 24.7 Å². The summed E-state index contributed by atoms with van der Waals surface area (Å²) >= 11 is 0. The van der Waals surface area contributed by atoms with Gasteiger partial charge in [-0.3, -0.25) is 28.5 Å². The maximum absolute atomic E-state index is 13.2. The normalized spacial score (nSPS) is 12.4. The number of amides is 1. The van der Waals surface area contributed by atoms with Crippen molar-refractivity contribution in [2.24, 2.45) is 0 Å². The number of nitrogens with one attached hydrogen (secondary N) is 2. The fourth-order valence-corrected chi connectivity index (χ4v) is 5.34. The molecule has 0 aliphatic rings. The number of rotatable bonds is 12. The molecule has 1 aromatic rings. The van der Waals surface area contributed by atoms with Crippen LogP contribution >= 0.6 is 7.60 Å². The quantitative estimate of drug-likeness (QED) is 0.251. The van der Waals surface area contributed by atoms with Crippen molar-refractivity contribution in [3.8, 4) is 0 Å². The van der Waals surface area contributed by atoms with E-state index in [1.807, 2.05) is 0 Å². The first-order valence-electron chi connectivity index (χ1n) is 11.3. The molecule has 0 atom stereocenters. The summed E-state index contributed by atoms with van der Waals surface area (Å²) in [7, 11) is -3.51. The van der Waals surface area contributed by atoms with Crippen molar-refractivity contribution >= 4 is 19.5 Å². The minimum Gasteiger partial charge on any atom is -0.465 e. The Balaban J connectivity index is 2.63. The molecule has 11 nitrogen and oxygen atoms in total. The van der Waals surface area contributed by atoms with Crippen molar-refractivity contribution in [3.63, 3.8) is 0 Å². The Hall–Kier alpha value is -2.23. The molecule has 0 bridgehead atoms. The summed E-state index contributed by atoms with van der Waals surface area (Å²) in [5, 5.41) is 2.72. The average Bonchev–Trinajstić information content (AvgIpc) is 2.64. The van der Waals surface area contributed by atoms with Gasteiger partial charge in [-0.25, -0.2) is 4.79 Å². The summed E-state index contributed by atoms with van der Waals surface area (Å²) in [5.74, 6) is -0.908. The highest BCUT2D eigenvalue weighted by atomic mass is 31.2. The van der Waals surface area contributed by atoms with Crippen LogP contribution in [0.25, 0.3) is 0 Å². The van der Waals surface area contributed by atoms with Crippen LogP contribution < -0.4 is 16.6 Å². The topological polar surface area (TPSA) is 146 Å². The molecule has 0 radical (unpaired) electrons. The van der Waals surface area contributed by atoms with Gasteiger partial charge in [-0.15, -0.1) is 0 Å². The van der Waals surface area contributed by atoms with E-state index in [4.69, 9.17) is 13.8 Å². The standard InChI is InChI=1S/C22H38N3O8P/c1-8-31-18(27)15-25-14-16(19(28)24-20(25)29)10-9-12-23-17(26)11-13-34(30,32-21(2,3)4)33-22(5,6)7/h14H,8-13,15H2,1-7H3,(H,23,26)(H,24,28,29). The molecule has 194 valence electrons. The zero-order valence-electron chi connectivity index (χ0n) is 21.2. The number of ether oxygens (including phenoxy) is 1. The van der Waals surface area contributed by atoms with E-state index in [0.29, 0.717) is 12.0 Å². The summed E-state index contributed by atoms with van der Waals surface area (Å²) in [6.07, 6.45) is 1.91. The number of esters is 1. The van der Waals surface area contributed by atoms with Gasteiger partial charge in [0.25, 0.3) is 5.56 Å². The third-order valence-corrected chi connectivity index (χ3v) is 6.50. The first-order valence-corrected chi connectivity index (χ1v) is 13.0. The van der Waals surface area contributed by atoms with Gasteiger partial charge >= 0.3 is 19.3 Å². The Bertz CT molecular complexity index is 981. The maximum atomic E-state index is 13.2. The number of hydrogen-bond acceptors (Lipinski definition) is 8. The number of carbonyl (C=O) groups is 2. The number of hydrogen-bond donors (Lipinski definition) is 2. The predicted molar refractivity (Wildman–Crippen MR) is 128 cm³/mol. The number of H-pyrrole nitrogens is 1. The number of aromatic amines is 1. The Morgan fingerprint density at radius 1 is 1.09 bits per heavy atom. The van der Waals surface area contributed by atoms with Crippen LogP contribution in [0.1, 0.15) is 66.9 Å². The lowest BCUT2D eigenvalue weighted by molar-refractivity contribution is -0.143. The molecule has 1 amide bonds. The summed E-state index contributed by atoms with van der Waals surface area (Å²) in [4.78, 5) is 50.0. The van der Waals surface area contributed by atoms with E-state index in [1.54, 1.807) is 48.5 Å². The largest absolute Gasteiger partial charge is 0.465 e. The minimum atomic E-state index is -3.51. The van der Waals surface area contributed by atoms with Crippen molar-refractivity contribution < 1.29 is 27.9 Å². The summed E-state index contributed by atoms with van der Waals surface area (Å²) in [6.45, 7) is 12.4. The van der Waals surface area contributed by atoms with Crippen LogP contribution in [0.4, 0.5) is 0 Å². The molecule has 2 N–H and O–H groups in total. The van der Waals surface area contributed by atoms with E-state index in [2.05, 4.69) is 10.3 Å². The monoisotopic (exact) mass is 503 g/mol. The second-order valence-electron chi connectivity index (χ2n) is 9.79. The Labute approximate surface area is 200 Å². The van der Waals surface area contributed by atoms with Gasteiger partial charge < -0.3 is 19.1 Å². The number of nitrogens with zero attached hydrogens (tertiary/aromatic N) is 1. The lowest BCUT2D eigenvalue weighted by Gasteiger charge is -2.32. The summed E-state index contributed by atoms with van der Waals surface area (Å²) < 4.78 is 30.4. The first-order chi connectivity index (χ1) is 15.5.